The quantitative estimate of drug-likeness (QED) is 0.895. The minimum atomic E-state index is 0.144. The molecule has 0 radical (unpaired) electrons. The van der Waals surface area contributed by atoms with Crippen LogP contribution in [-0.2, 0) is 6.54 Å². The van der Waals surface area contributed by atoms with E-state index >= 15 is 0 Å². The molecule has 3 atom stereocenters. The number of hydrogen-bond acceptors (Lipinski definition) is 3. The van der Waals surface area contributed by atoms with Crippen molar-refractivity contribution in [1.29, 1.82) is 0 Å². The molecular formula is C23H25N3. The van der Waals surface area contributed by atoms with Crippen LogP contribution in [0.3, 0.4) is 0 Å². The minimum Gasteiger partial charge on any atom is -0.350 e. The summed E-state index contributed by atoms with van der Waals surface area (Å²) in [5.74, 6) is 1.44. The van der Waals surface area contributed by atoms with Crippen molar-refractivity contribution >= 4 is 5.96 Å². The Bertz CT molecular complexity index is 808. The number of rotatable bonds is 4. The minimum absolute atomic E-state index is 0.144. The molecule has 1 aliphatic carbocycles. The molecule has 4 rings (SSSR count). The Morgan fingerprint density at radius 2 is 1.73 bits per heavy atom. The van der Waals surface area contributed by atoms with Gasteiger partial charge >= 0.3 is 0 Å². The van der Waals surface area contributed by atoms with Crippen molar-refractivity contribution in [2.45, 2.75) is 25.0 Å². The van der Waals surface area contributed by atoms with E-state index in [0.717, 1.165) is 18.9 Å². The summed E-state index contributed by atoms with van der Waals surface area (Å²) in [6.45, 7) is 0.849. The zero-order valence-electron chi connectivity index (χ0n) is 15.1. The smallest absolute Gasteiger partial charge is 0.194 e. The molecule has 3 nitrogen and oxygen atoms in total. The molecule has 0 spiro atoms. The average molecular weight is 343 g/mol. The summed E-state index contributed by atoms with van der Waals surface area (Å²) in [5, 5.41) is 3.72. The Hall–Kier alpha value is -2.81. The normalized spacial score (nSPS) is 24.2. The third-order valence-corrected chi connectivity index (χ3v) is 5.14. The van der Waals surface area contributed by atoms with Crippen LogP contribution in [0.15, 0.2) is 90.0 Å². The topological polar surface area (TPSA) is 27.6 Å². The lowest BCUT2D eigenvalue weighted by Gasteiger charge is -2.27. The van der Waals surface area contributed by atoms with Crippen LogP contribution < -0.4 is 5.32 Å². The fraction of sp³-hybridized carbons (Fsp3) is 0.261. The molecule has 0 aromatic heterocycles. The predicted molar refractivity (Wildman–Crippen MR) is 108 cm³/mol. The first-order valence-corrected chi connectivity index (χ1v) is 9.29. The van der Waals surface area contributed by atoms with Gasteiger partial charge < -0.3 is 10.2 Å². The van der Waals surface area contributed by atoms with Gasteiger partial charge in [0.25, 0.3) is 0 Å². The van der Waals surface area contributed by atoms with Gasteiger partial charge in [-0.1, -0.05) is 85.0 Å². The Kier molecular flexibility index (Phi) is 4.87. The third-order valence-electron chi connectivity index (χ3n) is 5.14. The van der Waals surface area contributed by atoms with E-state index in [9.17, 15) is 0 Å². The van der Waals surface area contributed by atoms with Gasteiger partial charge in [0.15, 0.2) is 5.96 Å². The maximum atomic E-state index is 5.08. The molecule has 3 heteroatoms. The fourth-order valence-corrected chi connectivity index (χ4v) is 3.76. The lowest BCUT2D eigenvalue weighted by Crippen LogP contribution is -2.43. The van der Waals surface area contributed by atoms with Crippen LogP contribution in [0.2, 0.25) is 0 Å². The van der Waals surface area contributed by atoms with Crippen molar-refractivity contribution < 1.29 is 0 Å². The number of guanidine groups is 1. The van der Waals surface area contributed by atoms with Crippen LogP contribution in [0.4, 0.5) is 0 Å². The molecule has 1 aliphatic heterocycles. The number of benzene rings is 2. The zero-order chi connectivity index (χ0) is 17.8. The number of allylic oxidation sites excluding steroid dienone is 3. The van der Waals surface area contributed by atoms with Crippen LogP contribution in [0.25, 0.3) is 0 Å². The van der Waals surface area contributed by atoms with Crippen molar-refractivity contribution in [3.63, 3.8) is 0 Å². The highest BCUT2D eigenvalue weighted by Gasteiger charge is 2.35. The van der Waals surface area contributed by atoms with Gasteiger partial charge in [-0.2, -0.15) is 0 Å². The molecule has 1 heterocycles. The highest BCUT2D eigenvalue weighted by atomic mass is 15.3. The first-order valence-electron chi connectivity index (χ1n) is 9.29. The van der Waals surface area contributed by atoms with Crippen LogP contribution in [0.5, 0.6) is 0 Å². The van der Waals surface area contributed by atoms with Crippen LogP contribution in [0.1, 0.15) is 23.6 Å². The summed E-state index contributed by atoms with van der Waals surface area (Å²) in [6, 6.07) is 21.6. The van der Waals surface area contributed by atoms with Crippen molar-refractivity contribution in [1.82, 2.24) is 10.2 Å². The van der Waals surface area contributed by atoms with Crippen molar-refractivity contribution in [2.75, 3.05) is 7.05 Å². The summed E-state index contributed by atoms with van der Waals surface area (Å²) in [7, 11) is 2.11. The first kappa shape index (κ1) is 16.6. The molecule has 0 amide bonds. The second-order valence-electron chi connectivity index (χ2n) is 7.03. The lowest BCUT2D eigenvalue weighted by atomic mass is 9.86. The van der Waals surface area contributed by atoms with Gasteiger partial charge in [-0.15, -0.1) is 0 Å². The van der Waals surface area contributed by atoms with Gasteiger partial charge in [-0.05, 0) is 17.5 Å². The van der Waals surface area contributed by atoms with E-state index in [2.05, 4.69) is 102 Å². The Balaban J connectivity index is 1.57. The van der Waals surface area contributed by atoms with Crippen molar-refractivity contribution in [3.05, 3.63) is 96.1 Å². The monoisotopic (exact) mass is 343 g/mol. The molecule has 2 aliphatic rings. The Labute approximate surface area is 155 Å². The van der Waals surface area contributed by atoms with E-state index in [0.29, 0.717) is 5.92 Å². The second-order valence-corrected chi connectivity index (χ2v) is 7.03. The predicted octanol–water partition coefficient (Wildman–Crippen LogP) is 4.32. The van der Waals surface area contributed by atoms with Gasteiger partial charge in [-0.3, -0.25) is 0 Å². The van der Waals surface area contributed by atoms with Gasteiger partial charge in [0.1, 0.15) is 0 Å². The molecule has 0 saturated heterocycles. The Morgan fingerprint density at radius 1 is 1.00 bits per heavy atom. The summed E-state index contributed by atoms with van der Waals surface area (Å²) in [5.41, 5.74) is 2.57. The van der Waals surface area contributed by atoms with Gasteiger partial charge in [0.05, 0.1) is 12.1 Å². The van der Waals surface area contributed by atoms with E-state index in [1.807, 2.05) is 0 Å². The van der Waals surface area contributed by atoms with Gasteiger partial charge in [-0.25, -0.2) is 4.99 Å². The van der Waals surface area contributed by atoms with Gasteiger partial charge in [0.2, 0.25) is 0 Å². The molecule has 26 heavy (non-hydrogen) atoms. The molecule has 0 bridgehead atoms. The maximum absolute atomic E-state index is 5.08. The van der Waals surface area contributed by atoms with Crippen LogP contribution in [-0.4, -0.2) is 23.9 Å². The lowest BCUT2D eigenvalue weighted by molar-refractivity contribution is 0.412. The Morgan fingerprint density at radius 3 is 2.42 bits per heavy atom. The van der Waals surface area contributed by atoms with Crippen molar-refractivity contribution in [2.24, 2.45) is 10.9 Å². The number of hydrogen-bond donors (Lipinski definition) is 1. The van der Waals surface area contributed by atoms with E-state index < -0.39 is 0 Å². The summed E-state index contributed by atoms with van der Waals surface area (Å²) < 4.78 is 0. The first-order chi connectivity index (χ1) is 12.8. The molecule has 2 aromatic carbocycles. The number of nitrogens with zero attached hydrogens (tertiary/aromatic N) is 2. The second kappa shape index (κ2) is 7.61. The fourth-order valence-electron chi connectivity index (χ4n) is 3.76. The third kappa shape index (κ3) is 3.57. The van der Waals surface area contributed by atoms with Crippen LogP contribution >= 0.6 is 0 Å². The molecule has 0 saturated carbocycles. The molecule has 132 valence electrons. The summed E-state index contributed by atoms with van der Waals surface area (Å²) >= 11 is 0. The summed E-state index contributed by atoms with van der Waals surface area (Å²) in [6.07, 6.45) is 9.90. The molecular weight excluding hydrogens is 318 g/mol. The highest BCUT2D eigenvalue weighted by Crippen LogP contribution is 2.33. The van der Waals surface area contributed by atoms with E-state index in [4.69, 9.17) is 4.99 Å². The molecule has 1 N–H and O–H groups in total. The zero-order valence-corrected chi connectivity index (χ0v) is 15.1. The molecule has 0 fully saturated rings. The number of nitrogens with one attached hydrogen (secondary N) is 1. The maximum Gasteiger partial charge on any atom is 0.194 e. The SMILES string of the molecule is CN(Cc1ccccc1)C1=N[C@H](c2ccccc2)[C@H](C2C=CC=CC2)N1. The van der Waals surface area contributed by atoms with E-state index in [1.165, 1.54) is 11.1 Å². The van der Waals surface area contributed by atoms with Crippen molar-refractivity contribution in [3.8, 4) is 0 Å². The van der Waals surface area contributed by atoms with Crippen LogP contribution in [0, 0.1) is 5.92 Å². The molecule has 2 aromatic rings. The largest absolute Gasteiger partial charge is 0.350 e. The van der Waals surface area contributed by atoms with Gasteiger partial charge in [0, 0.05) is 19.5 Å². The standard InChI is InChI=1S/C23H25N3/c1-26(17-18-11-5-2-6-12-18)23-24-21(19-13-7-3-8-14-19)22(25-23)20-15-9-4-10-16-20/h2-15,20-22H,16-17H2,1H3,(H,24,25)/t20?,21-,22+/m1/s1. The average Bonchev–Trinajstić information content (AvgIpc) is 3.16. The highest BCUT2D eigenvalue weighted by molar-refractivity contribution is 5.82. The summed E-state index contributed by atoms with van der Waals surface area (Å²) in [4.78, 5) is 7.30. The molecule has 1 unspecified atom stereocenters. The van der Waals surface area contributed by atoms with E-state index in [-0.39, 0.29) is 12.1 Å². The van der Waals surface area contributed by atoms with E-state index in [1.54, 1.807) is 0 Å². The number of aliphatic imine (C=N–C) groups is 1.